The molecule has 0 fully saturated rings. The average Bonchev–Trinajstić information content (AvgIpc) is 2.08. The summed E-state index contributed by atoms with van der Waals surface area (Å²) < 4.78 is 0. The molecule has 13 heavy (non-hydrogen) atoms. The molecule has 3 heteroatoms. The van der Waals surface area contributed by atoms with E-state index in [9.17, 15) is 4.79 Å². The summed E-state index contributed by atoms with van der Waals surface area (Å²) in [6.45, 7) is 15.5. The molecule has 0 aliphatic rings. The van der Waals surface area contributed by atoms with Gasteiger partial charge < -0.3 is 10.2 Å². The molecule has 0 heterocycles. The standard InChI is InChI=1S/C3H6O.C3H6.C2H6N2.C2H6/c1-3(2)4;1-3-2;1-2-4-3;1-2/h1-2H3;3H,1H2,2H3;2,4H,1,3H2;1-2H3. The van der Waals surface area contributed by atoms with Crippen molar-refractivity contribution in [1.82, 2.24) is 5.43 Å². The topological polar surface area (TPSA) is 55.1 Å². The Labute approximate surface area is 82.7 Å². The monoisotopic (exact) mass is 188 g/mol. The smallest absolute Gasteiger partial charge is 0.126 e. The molecule has 0 atom stereocenters. The minimum atomic E-state index is 0.167. The summed E-state index contributed by atoms with van der Waals surface area (Å²) in [7, 11) is 0. The van der Waals surface area contributed by atoms with Crippen molar-refractivity contribution in [2.45, 2.75) is 34.6 Å². The molecule has 0 rings (SSSR count). The molecule has 0 unspecified atom stereocenters. The van der Waals surface area contributed by atoms with Gasteiger partial charge in [-0.2, -0.15) is 0 Å². The summed E-state index contributed by atoms with van der Waals surface area (Å²) in [4.78, 5) is 9.44. The van der Waals surface area contributed by atoms with E-state index in [1.165, 1.54) is 20.0 Å². The maximum absolute atomic E-state index is 9.44. The van der Waals surface area contributed by atoms with Crippen LogP contribution in [0, 0.1) is 0 Å². The highest BCUT2D eigenvalue weighted by Crippen LogP contribution is 1.50. The van der Waals surface area contributed by atoms with E-state index in [0.29, 0.717) is 0 Å². The summed E-state index contributed by atoms with van der Waals surface area (Å²) in [5.74, 6) is 4.83. The fourth-order valence-corrected chi connectivity index (χ4v) is 0. The number of allylic oxidation sites excluding steroid dienone is 1. The van der Waals surface area contributed by atoms with E-state index in [1.54, 1.807) is 6.08 Å². The number of rotatable bonds is 1. The van der Waals surface area contributed by atoms with E-state index >= 15 is 0 Å². The van der Waals surface area contributed by atoms with Crippen molar-refractivity contribution in [2.24, 2.45) is 5.84 Å². The minimum absolute atomic E-state index is 0.167. The molecule has 80 valence electrons. The normalized spacial score (nSPS) is 5.08. The molecule has 0 radical (unpaired) electrons. The van der Waals surface area contributed by atoms with Crippen molar-refractivity contribution in [3.8, 4) is 0 Å². The molecule has 0 aliphatic heterocycles. The quantitative estimate of drug-likeness (QED) is 0.377. The highest BCUT2D eigenvalue weighted by atomic mass is 16.1. The van der Waals surface area contributed by atoms with Crippen molar-refractivity contribution in [3.05, 3.63) is 25.4 Å². The van der Waals surface area contributed by atoms with Gasteiger partial charge in [-0.05, 0) is 20.8 Å². The van der Waals surface area contributed by atoms with Crippen LogP contribution >= 0.6 is 0 Å². The van der Waals surface area contributed by atoms with Gasteiger partial charge in [0.15, 0.2) is 0 Å². The highest BCUT2D eigenvalue weighted by Gasteiger charge is 1.62. The van der Waals surface area contributed by atoms with Gasteiger partial charge in [0.25, 0.3) is 0 Å². The molecule has 3 N–H and O–H groups in total. The second-order valence-electron chi connectivity index (χ2n) is 1.69. The highest BCUT2D eigenvalue weighted by molar-refractivity contribution is 5.72. The summed E-state index contributed by atoms with van der Waals surface area (Å²) in [5.41, 5.74) is 2.19. The van der Waals surface area contributed by atoms with E-state index in [2.05, 4.69) is 24.4 Å². The van der Waals surface area contributed by atoms with Crippen LogP contribution < -0.4 is 11.3 Å². The second-order valence-corrected chi connectivity index (χ2v) is 1.69. The van der Waals surface area contributed by atoms with Crippen molar-refractivity contribution in [1.29, 1.82) is 0 Å². The summed E-state index contributed by atoms with van der Waals surface area (Å²) >= 11 is 0. The number of ketones is 1. The number of nitrogens with two attached hydrogens (primary N) is 1. The van der Waals surface area contributed by atoms with Crippen molar-refractivity contribution in [2.75, 3.05) is 0 Å². The first-order valence-corrected chi connectivity index (χ1v) is 4.18. The molecule has 0 amide bonds. The number of hydrazine groups is 1. The number of Topliss-reactive ketones (excluding diaryl/α,β-unsaturated/α-hetero) is 1. The third-order valence-electron chi connectivity index (χ3n) is 0.118. The molecule has 0 saturated carbocycles. The van der Waals surface area contributed by atoms with E-state index in [0.717, 1.165) is 0 Å². The molecular formula is C10H24N2O. The zero-order chi connectivity index (χ0) is 11.7. The Balaban J connectivity index is -0.0000000431. The maximum atomic E-state index is 9.44. The van der Waals surface area contributed by atoms with Crippen LogP contribution in [0.4, 0.5) is 0 Å². The Morgan fingerprint density at radius 1 is 1.31 bits per heavy atom. The average molecular weight is 188 g/mol. The predicted molar refractivity (Wildman–Crippen MR) is 61.1 cm³/mol. The zero-order valence-corrected chi connectivity index (χ0v) is 9.55. The lowest BCUT2D eigenvalue weighted by Crippen LogP contribution is -2.11. The first-order chi connectivity index (χ1) is 6.06. The van der Waals surface area contributed by atoms with E-state index in [-0.39, 0.29) is 5.78 Å². The first-order valence-electron chi connectivity index (χ1n) is 4.18. The van der Waals surface area contributed by atoms with Gasteiger partial charge >= 0.3 is 0 Å². The van der Waals surface area contributed by atoms with Gasteiger partial charge in [-0.1, -0.05) is 26.5 Å². The van der Waals surface area contributed by atoms with Crippen LogP contribution in [0.1, 0.15) is 34.6 Å². The zero-order valence-electron chi connectivity index (χ0n) is 9.55. The number of carbonyl (C=O) groups excluding carboxylic acids is 1. The van der Waals surface area contributed by atoms with Gasteiger partial charge in [-0.3, -0.25) is 5.84 Å². The number of hydrogen-bond acceptors (Lipinski definition) is 3. The largest absolute Gasteiger partial charge is 0.332 e. The van der Waals surface area contributed by atoms with Crippen LogP contribution in [-0.4, -0.2) is 5.78 Å². The Morgan fingerprint density at radius 2 is 1.38 bits per heavy atom. The number of hydrogen-bond donors (Lipinski definition) is 2. The second kappa shape index (κ2) is 44.4. The third-order valence-corrected chi connectivity index (χ3v) is 0.118. The van der Waals surface area contributed by atoms with Gasteiger partial charge in [0.05, 0.1) is 0 Å². The lowest BCUT2D eigenvalue weighted by molar-refractivity contribution is -0.114. The van der Waals surface area contributed by atoms with Crippen LogP contribution in [0.15, 0.2) is 25.4 Å². The Bertz CT molecular complexity index is 97.1. The molecule has 0 spiro atoms. The molecule has 0 bridgehead atoms. The predicted octanol–water partition coefficient (Wildman–Crippen LogP) is 2.41. The first kappa shape index (κ1) is 22.7. The fourth-order valence-electron chi connectivity index (χ4n) is 0. The SMILES string of the molecule is C=CC.C=CNN.CC.CC(C)=O. The summed E-state index contributed by atoms with van der Waals surface area (Å²) in [5, 5.41) is 0. The molecule has 0 aromatic heterocycles. The molecular weight excluding hydrogens is 164 g/mol. The van der Waals surface area contributed by atoms with Crippen LogP contribution in [0.3, 0.4) is 0 Å². The molecule has 3 nitrogen and oxygen atoms in total. The van der Waals surface area contributed by atoms with Crippen LogP contribution in [0.25, 0.3) is 0 Å². The molecule has 0 aromatic carbocycles. The van der Waals surface area contributed by atoms with E-state index in [4.69, 9.17) is 0 Å². The van der Waals surface area contributed by atoms with Gasteiger partial charge in [-0.25, -0.2) is 0 Å². The maximum Gasteiger partial charge on any atom is 0.126 e. The van der Waals surface area contributed by atoms with Crippen molar-refractivity contribution in [3.63, 3.8) is 0 Å². The van der Waals surface area contributed by atoms with E-state index < -0.39 is 0 Å². The van der Waals surface area contributed by atoms with Gasteiger partial charge in [0.2, 0.25) is 0 Å². The lowest BCUT2D eigenvalue weighted by Gasteiger charge is -1.72. The minimum Gasteiger partial charge on any atom is -0.332 e. The Morgan fingerprint density at radius 3 is 1.38 bits per heavy atom. The molecule has 0 aliphatic carbocycles. The van der Waals surface area contributed by atoms with Crippen LogP contribution in [0.2, 0.25) is 0 Å². The Hall–Kier alpha value is -1.09. The van der Waals surface area contributed by atoms with Crippen LogP contribution in [-0.2, 0) is 4.79 Å². The van der Waals surface area contributed by atoms with Gasteiger partial charge in [0, 0.05) is 6.20 Å². The Kier molecular flexibility index (Phi) is 77.5. The molecule has 0 aromatic rings. The summed E-state index contributed by atoms with van der Waals surface area (Å²) in [6, 6.07) is 0. The third kappa shape index (κ3) is 107000. The van der Waals surface area contributed by atoms with Crippen molar-refractivity contribution < 1.29 is 4.79 Å². The van der Waals surface area contributed by atoms with Gasteiger partial charge in [0.1, 0.15) is 5.78 Å². The summed E-state index contributed by atoms with van der Waals surface area (Å²) in [6.07, 6.45) is 3.15. The molecule has 0 saturated heterocycles. The lowest BCUT2D eigenvalue weighted by atomic mass is 10.6. The fraction of sp³-hybridized carbons (Fsp3) is 0.500. The van der Waals surface area contributed by atoms with E-state index in [1.807, 2.05) is 20.8 Å². The number of carbonyl (C=O) groups is 1. The van der Waals surface area contributed by atoms with Gasteiger partial charge in [-0.15, -0.1) is 6.58 Å². The van der Waals surface area contributed by atoms with Crippen LogP contribution in [0.5, 0.6) is 0 Å². The number of nitrogens with one attached hydrogen (secondary N) is 1. The van der Waals surface area contributed by atoms with Crippen molar-refractivity contribution >= 4 is 5.78 Å².